The summed E-state index contributed by atoms with van der Waals surface area (Å²) in [6.45, 7) is 0.961. The monoisotopic (exact) mass is 496 g/mol. The molecule has 2 aliphatic rings. The Bertz CT molecular complexity index is 1490. The molecule has 0 N–H and O–H groups in total. The van der Waals surface area contributed by atoms with Crippen LogP contribution in [0, 0.1) is 0 Å². The molecule has 2 amide bonds. The molecule has 0 saturated heterocycles. The van der Waals surface area contributed by atoms with Crippen molar-refractivity contribution in [3.63, 3.8) is 0 Å². The second-order valence-corrected chi connectivity index (χ2v) is 10.1. The van der Waals surface area contributed by atoms with Crippen LogP contribution in [0.3, 0.4) is 0 Å². The van der Waals surface area contributed by atoms with Crippen LogP contribution in [-0.2, 0) is 13.0 Å². The molecule has 0 fully saturated rings. The maximum atomic E-state index is 13.8. The molecule has 2 heterocycles. The van der Waals surface area contributed by atoms with E-state index in [0.29, 0.717) is 29.2 Å². The van der Waals surface area contributed by atoms with E-state index >= 15 is 0 Å². The average molecular weight is 497 g/mol. The lowest BCUT2D eigenvalue weighted by Gasteiger charge is -2.25. The number of hydrogen-bond acceptors (Lipinski definition) is 3. The van der Waals surface area contributed by atoms with E-state index < -0.39 is 0 Å². The lowest BCUT2D eigenvalue weighted by atomic mass is 10.1. The van der Waals surface area contributed by atoms with Gasteiger partial charge in [-0.15, -0.1) is 0 Å². The highest BCUT2D eigenvalue weighted by Gasteiger charge is 2.30. The van der Waals surface area contributed by atoms with Crippen LogP contribution in [0.15, 0.2) is 101 Å². The minimum Gasteiger partial charge on any atom is -0.308 e. The molecule has 172 valence electrons. The molecular weight excluding hydrogens is 476 g/mol. The van der Waals surface area contributed by atoms with E-state index in [1.54, 1.807) is 16.7 Å². The largest absolute Gasteiger partial charge is 0.308 e. The third-order valence-corrected chi connectivity index (χ3v) is 8.01. The Kier molecular flexibility index (Phi) is 5.59. The Morgan fingerprint density at radius 1 is 0.857 bits per heavy atom. The first-order valence-corrected chi connectivity index (χ1v) is 12.7. The summed E-state index contributed by atoms with van der Waals surface area (Å²) in [4.78, 5) is 32.8. The molecule has 6 heteroatoms. The van der Waals surface area contributed by atoms with Crippen molar-refractivity contribution >= 4 is 46.6 Å². The first-order chi connectivity index (χ1) is 17.1. The number of anilines is 2. The van der Waals surface area contributed by atoms with E-state index in [4.69, 9.17) is 11.6 Å². The van der Waals surface area contributed by atoms with Gasteiger partial charge in [-0.05, 0) is 60.0 Å². The summed E-state index contributed by atoms with van der Waals surface area (Å²) in [7, 11) is 0. The smallest absolute Gasteiger partial charge is 0.259 e. The molecule has 0 saturated carbocycles. The number of halogens is 1. The Labute approximate surface area is 213 Å². The third kappa shape index (κ3) is 3.91. The molecular formula is C29H21ClN2O2S. The predicted octanol–water partition coefficient (Wildman–Crippen LogP) is 6.85. The summed E-state index contributed by atoms with van der Waals surface area (Å²) >= 11 is 8.02. The van der Waals surface area contributed by atoms with Gasteiger partial charge in [0, 0.05) is 32.6 Å². The van der Waals surface area contributed by atoms with Crippen molar-refractivity contribution in [2.24, 2.45) is 0 Å². The van der Waals surface area contributed by atoms with Crippen molar-refractivity contribution in [3.05, 3.63) is 118 Å². The Morgan fingerprint density at radius 2 is 1.63 bits per heavy atom. The number of benzene rings is 4. The average Bonchev–Trinajstić information content (AvgIpc) is 3.28. The molecule has 0 radical (unpaired) electrons. The van der Waals surface area contributed by atoms with Crippen molar-refractivity contribution in [2.75, 3.05) is 16.3 Å². The summed E-state index contributed by atoms with van der Waals surface area (Å²) in [5.41, 5.74) is 4.90. The van der Waals surface area contributed by atoms with Gasteiger partial charge in [0.15, 0.2) is 0 Å². The first-order valence-electron chi connectivity index (χ1n) is 11.5. The fourth-order valence-corrected chi connectivity index (χ4v) is 5.97. The molecule has 6 rings (SSSR count). The van der Waals surface area contributed by atoms with Crippen LogP contribution in [0.1, 0.15) is 31.8 Å². The fourth-order valence-electron chi connectivity index (χ4n) is 4.71. The van der Waals surface area contributed by atoms with Gasteiger partial charge >= 0.3 is 0 Å². The van der Waals surface area contributed by atoms with Gasteiger partial charge in [0.2, 0.25) is 0 Å². The molecule has 4 nitrogen and oxygen atoms in total. The van der Waals surface area contributed by atoms with Gasteiger partial charge in [-0.1, -0.05) is 71.9 Å². The highest BCUT2D eigenvalue weighted by molar-refractivity contribution is 7.99. The number of carbonyl (C=O) groups excluding carboxylic acids is 2. The summed E-state index contributed by atoms with van der Waals surface area (Å²) in [5, 5.41) is 0.605. The summed E-state index contributed by atoms with van der Waals surface area (Å²) in [5.74, 6) is -0.169. The quantitative estimate of drug-likeness (QED) is 0.311. The molecule has 0 atom stereocenters. The number of hydrogen-bond donors (Lipinski definition) is 0. The van der Waals surface area contributed by atoms with Crippen LogP contribution in [-0.4, -0.2) is 18.4 Å². The van der Waals surface area contributed by atoms with E-state index in [-0.39, 0.29) is 11.8 Å². The van der Waals surface area contributed by atoms with Crippen LogP contribution in [0.2, 0.25) is 5.02 Å². The van der Waals surface area contributed by atoms with Crippen LogP contribution < -0.4 is 9.80 Å². The molecule has 0 aromatic heterocycles. The Balaban J connectivity index is 1.44. The van der Waals surface area contributed by atoms with Crippen molar-refractivity contribution in [1.29, 1.82) is 0 Å². The van der Waals surface area contributed by atoms with Gasteiger partial charge in [-0.25, -0.2) is 0 Å². The highest BCUT2D eigenvalue weighted by Crippen LogP contribution is 2.43. The number of fused-ring (bicyclic) bond motifs is 3. The van der Waals surface area contributed by atoms with E-state index in [1.807, 2.05) is 89.8 Å². The third-order valence-electron chi connectivity index (χ3n) is 6.50. The van der Waals surface area contributed by atoms with E-state index in [0.717, 1.165) is 33.2 Å². The number of carbonyl (C=O) groups is 2. The zero-order valence-corrected chi connectivity index (χ0v) is 20.4. The van der Waals surface area contributed by atoms with Gasteiger partial charge in [-0.3, -0.25) is 9.59 Å². The zero-order valence-electron chi connectivity index (χ0n) is 18.8. The second kappa shape index (κ2) is 8.91. The SMILES string of the molecule is O=C(c1ccc2c(c1)N(Cc1ccccc1Cl)C(=O)c1ccccc1S2)N1CCc2ccccc21. The molecule has 0 bridgehead atoms. The van der Waals surface area contributed by atoms with Gasteiger partial charge < -0.3 is 9.80 Å². The Hall–Kier alpha value is -3.54. The molecule has 0 unspecified atom stereocenters. The van der Waals surface area contributed by atoms with Crippen LogP contribution in [0.25, 0.3) is 0 Å². The Morgan fingerprint density at radius 3 is 2.51 bits per heavy atom. The van der Waals surface area contributed by atoms with Crippen molar-refractivity contribution in [1.82, 2.24) is 0 Å². The number of para-hydroxylation sites is 1. The van der Waals surface area contributed by atoms with Gasteiger partial charge in [0.25, 0.3) is 11.8 Å². The lowest BCUT2D eigenvalue weighted by molar-refractivity contribution is 0.0974. The topological polar surface area (TPSA) is 40.6 Å². The molecule has 0 aliphatic carbocycles. The summed E-state index contributed by atoms with van der Waals surface area (Å²) < 4.78 is 0. The van der Waals surface area contributed by atoms with Crippen LogP contribution in [0.4, 0.5) is 11.4 Å². The predicted molar refractivity (Wildman–Crippen MR) is 141 cm³/mol. The van der Waals surface area contributed by atoms with E-state index in [2.05, 4.69) is 6.07 Å². The normalized spacial score (nSPS) is 14.3. The fraction of sp³-hybridized carbons (Fsp3) is 0.103. The van der Waals surface area contributed by atoms with Crippen molar-refractivity contribution in [3.8, 4) is 0 Å². The minimum atomic E-state index is -0.108. The first kappa shape index (κ1) is 22.0. The molecule has 4 aromatic rings. The van der Waals surface area contributed by atoms with Crippen molar-refractivity contribution < 1.29 is 9.59 Å². The van der Waals surface area contributed by atoms with Gasteiger partial charge in [0.1, 0.15) is 0 Å². The molecule has 2 aliphatic heterocycles. The van der Waals surface area contributed by atoms with E-state index in [9.17, 15) is 9.59 Å². The number of amides is 2. The van der Waals surface area contributed by atoms with Gasteiger partial charge in [0.05, 0.1) is 17.8 Å². The maximum absolute atomic E-state index is 13.8. The standard InChI is InChI=1S/C29H21ClN2O2S/c30-23-10-4-1-8-21(23)18-32-25-17-20(28(33)31-16-15-19-7-2-5-11-24(19)31)13-14-27(25)35-26-12-6-3-9-22(26)29(32)34/h1-14,17H,15-16,18H2. The maximum Gasteiger partial charge on any atom is 0.259 e. The van der Waals surface area contributed by atoms with Gasteiger partial charge in [-0.2, -0.15) is 0 Å². The van der Waals surface area contributed by atoms with Crippen LogP contribution >= 0.6 is 23.4 Å². The lowest BCUT2D eigenvalue weighted by Crippen LogP contribution is -2.32. The molecule has 4 aromatic carbocycles. The summed E-state index contributed by atoms with van der Waals surface area (Å²) in [6.07, 6.45) is 0.842. The summed E-state index contributed by atoms with van der Waals surface area (Å²) in [6, 6.07) is 28.8. The van der Waals surface area contributed by atoms with Crippen LogP contribution in [0.5, 0.6) is 0 Å². The second-order valence-electron chi connectivity index (χ2n) is 8.60. The number of nitrogens with zero attached hydrogens (tertiary/aromatic N) is 2. The minimum absolute atomic E-state index is 0.0605. The molecule has 0 spiro atoms. The highest BCUT2D eigenvalue weighted by atomic mass is 35.5. The number of rotatable bonds is 3. The zero-order chi connectivity index (χ0) is 23.9. The molecule has 35 heavy (non-hydrogen) atoms. The van der Waals surface area contributed by atoms with Crippen molar-refractivity contribution in [2.45, 2.75) is 22.8 Å². The van der Waals surface area contributed by atoms with E-state index in [1.165, 1.54) is 5.56 Å².